The van der Waals surface area contributed by atoms with Crippen LogP contribution in [0.3, 0.4) is 0 Å². The highest BCUT2D eigenvalue weighted by molar-refractivity contribution is 9.10. The van der Waals surface area contributed by atoms with Crippen LogP contribution in [0, 0.1) is 6.92 Å². The molecule has 7 heteroatoms. The van der Waals surface area contributed by atoms with Crippen LogP contribution in [0.15, 0.2) is 21.5 Å². The number of amides is 1. The van der Waals surface area contributed by atoms with Crippen molar-refractivity contribution < 1.29 is 13.2 Å². The second-order valence-corrected chi connectivity index (χ2v) is 5.34. The lowest BCUT2D eigenvalue weighted by atomic mass is 10.1. The molecule has 0 fully saturated rings. The zero-order valence-electron chi connectivity index (χ0n) is 7.82. The molecule has 4 N–H and O–H groups in total. The van der Waals surface area contributed by atoms with Gasteiger partial charge in [-0.15, -0.1) is 0 Å². The third kappa shape index (κ3) is 2.55. The molecule has 0 aliphatic carbocycles. The number of hydrogen-bond donors (Lipinski definition) is 2. The molecule has 0 saturated heterocycles. The molecule has 0 aliphatic rings. The van der Waals surface area contributed by atoms with Gasteiger partial charge in [0, 0.05) is 10.0 Å². The van der Waals surface area contributed by atoms with E-state index in [1.54, 1.807) is 6.92 Å². The van der Waals surface area contributed by atoms with Crippen LogP contribution in [-0.2, 0) is 10.0 Å². The average Bonchev–Trinajstić information content (AvgIpc) is 2.06. The van der Waals surface area contributed by atoms with Gasteiger partial charge in [0.15, 0.2) is 0 Å². The Labute approximate surface area is 95.6 Å². The molecule has 82 valence electrons. The monoisotopic (exact) mass is 292 g/mol. The number of sulfonamides is 1. The molecule has 0 aliphatic heterocycles. The van der Waals surface area contributed by atoms with E-state index in [-0.39, 0.29) is 10.5 Å². The molecule has 5 nitrogen and oxygen atoms in total. The van der Waals surface area contributed by atoms with Crippen LogP contribution in [0.25, 0.3) is 0 Å². The standard InChI is InChI=1S/C8H9BrN2O3S/c1-4-2-5(8(10)12)3-6(7(4)9)15(11,13)14/h2-3H,1H3,(H2,10,12)(H2,11,13,14). The Morgan fingerprint density at radius 1 is 1.40 bits per heavy atom. The molecular formula is C8H9BrN2O3S. The zero-order valence-corrected chi connectivity index (χ0v) is 10.2. The lowest BCUT2D eigenvalue weighted by molar-refractivity contribution is 0.1000. The van der Waals surface area contributed by atoms with Crippen molar-refractivity contribution in [1.82, 2.24) is 0 Å². The number of halogens is 1. The number of carbonyl (C=O) groups is 1. The molecular weight excluding hydrogens is 284 g/mol. The first-order chi connectivity index (χ1) is 6.73. The third-order valence-electron chi connectivity index (χ3n) is 1.81. The summed E-state index contributed by atoms with van der Waals surface area (Å²) in [7, 11) is -3.87. The van der Waals surface area contributed by atoms with E-state index in [4.69, 9.17) is 10.9 Å². The molecule has 1 rings (SSSR count). The predicted octanol–water partition coefficient (Wildman–Crippen LogP) is 0.504. The molecule has 1 aromatic carbocycles. The van der Waals surface area contributed by atoms with Gasteiger partial charge in [0.25, 0.3) is 0 Å². The Morgan fingerprint density at radius 3 is 2.33 bits per heavy atom. The summed E-state index contributed by atoms with van der Waals surface area (Å²) in [5.74, 6) is -0.699. The summed E-state index contributed by atoms with van der Waals surface area (Å²) >= 11 is 3.09. The van der Waals surface area contributed by atoms with E-state index in [1.807, 2.05) is 0 Å². The van der Waals surface area contributed by atoms with Gasteiger partial charge < -0.3 is 5.73 Å². The number of hydrogen-bond acceptors (Lipinski definition) is 3. The highest BCUT2D eigenvalue weighted by atomic mass is 79.9. The first-order valence-corrected chi connectivity index (χ1v) is 6.20. The quantitative estimate of drug-likeness (QED) is 0.829. The van der Waals surface area contributed by atoms with Crippen LogP contribution >= 0.6 is 15.9 Å². The van der Waals surface area contributed by atoms with Crippen LogP contribution in [0.1, 0.15) is 15.9 Å². The number of primary sulfonamides is 1. The second-order valence-electron chi connectivity index (χ2n) is 3.01. The molecule has 1 aromatic rings. The smallest absolute Gasteiger partial charge is 0.248 e. The predicted molar refractivity (Wildman–Crippen MR) is 58.8 cm³/mol. The Bertz CT molecular complexity index is 525. The minimum Gasteiger partial charge on any atom is -0.366 e. The molecule has 0 saturated carbocycles. The van der Waals surface area contributed by atoms with Crippen molar-refractivity contribution in [3.63, 3.8) is 0 Å². The van der Waals surface area contributed by atoms with Crippen molar-refractivity contribution >= 4 is 31.9 Å². The fourth-order valence-electron chi connectivity index (χ4n) is 1.09. The SMILES string of the molecule is Cc1cc(C(N)=O)cc(S(N)(=O)=O)c1Br. The highest BCUT2D eigenvalue weighted by Crippen LogP contribution is 2.26. The van der Waals surface area contributed by atoms with E-state index < -0.39 is 15.9 Å². The first kappa shape index (κ1) is 12.2. The number of carbonyl (C=O) groups excluding carboxylic acids is 1. The van der Waals surface area contributed by atoms with Gasteiger partial charge in [-0.05, 0) is 40.5 Å². The molecule has 0 aromatic heterocycles. The molecule has 0 atom stereocenters. The molecule has 15 heavy (non-hydrogen) atoms. The summed E-state index contributed by atoms with van der Waals surface area (Å²) in [6.07, 6.45) is 0. The van der Waals surface area contributed by atoms with Gasteiger partial charge in [0.05, 0.1) is 4.90 Å². The number of aryl methyl sites for hydroxylation is 1. The van der Waals surface area contributed by atoms with Gasteiger partial charge in [-0.25, -0.2) is 13.6 Å². The Hall–Kier alpha value is -0.920. The number of primary amides is 1. The van der Waals surface area contributed by atoms with E-state index in [0.29, 0.717) is 10.0 Å². The summed E-state index contributed by atoms with van der Waals surface area (Å²) in [6, 6.07) is 2.63. The third-order valence-corrected chi connectivity index (χ3v) is 4.06. The molecule has 0 unspecified atom stereocenters. The van der Waals surface area contributed by atoms with Crippen molar-refractivity contribution in [2.45, 2.75) is 11.8 Å². The molecule has 0 heterocycles. The summed E-state index contributed by atoms with van der Waals surface area (Å²) in [5, 5.41) is 4.99. The van der Waals surface area contributed by atoms with E-state index in [0.717, 1.165) is 6.07 Å². The van der Waals surface area contributed by atoms with Crippen molar-refractivity contribution in [3.8, 4) is 0 Å². The van der Waals surface area contributed by atoms with Gasteiger partial charge in [0.2, 0.25) is 15.9 Å². The number of benzene rings is 1. The van der Waals surface area contributed by atoms with E-state index >= 15 is 0 Å². The molecule has 0 radical (unpaired) electrons. The first-order valence-electron chi connectivity index (χ1n) is 3.86. The fraction of sp³-hybridized carbons (Fsp3) is 0.125. The van der Waals surface area contributed by atoms with Gasteiger partial charge in [-0.3, -0.25) is 4.79 Å². The van der Waals surface area contributed by atoms with E-state index in [1.165, 1.54) is 6.07 Å². The average molecular weight is 293 g/mol. The molecule has 1 amide bonds. The van der Waals surface area contributed by atoms with Crippen molar-refractivity contribution in [3.05, 3.63) is 27.7 Å². The topological polar surface area (TPSA) is 103 Å². The minimum atomic E-state index is -3.87. The lowest BCUT2D eigenvalue weighted by Crippen LogP contribution is -2.17. The van der Waals surface area contributed by atoms with Crippen molar-refractivity contribution in [2.24, 2.45) is 10.9 Å². The minimum absolute atomic E-state index is 0.111. The van der Waals surface area contributed by atoms with Gasteiger partial charge >= 0.3 is 0 Å². The number of nitrogens with two attached hydrogens (primary N) is 2. The summed E-state index contributed by atoms with van der Waals surface area (Å²) in [5.41, 5.74) is 5.74. The Kier molecular flexibility index (Phi) is 3.17. The Morgan fingerprint density at radius 2 is 1.93 bits per heavy atom. The van der Waals surface area contributed by atoms with E-state index in [2.05, 4.69) is 15.9 Å². The Balaban J connectivity index is 3.59. The largest absolute Gasteiger partial charge is 0.366 e. The summed E-state index contributed by atoms with van der Waals surface area (Å²) < 4.78 is 22.7. The van der Waals surface area contributed by atoms with Gasteiger partial charge in [0.1, 0.15) is 0 Å². The van der Waals surface area contributed by atoms with E-state index in [9.17, 15) is 13.2 Å². The molecule has 0 spiro atoms. The summed E-state index contributed by atoms with van der Waals surface area (Å²) in [6.45, 7) is 1.64. The van der Waals surface area contributed by atoms with Crippen molar-refractivity contribution in [1.29, 1.82) is 0 Å². The summed E-state index contributed by atoms with van der Waals surface area (Å²) in [4.78, 5) is 10.8. The van der Waals surface area contributed by atoms with Crippen LogP contribution in [0.5, 0.6) is 0 Å². The zero-order chi connectivity index (χ0) is 11.8. The van der Waals surface area contributed by atoms with Crippen LogP contribution in [-0.4, -0.2) is 14.3 Å². The maximum absolute atomic E-state index is 11.2. The number of rotatable bonds is 2. The van der Waals surface area contributed by atoms with Crippen LogP contribution in [0.4, 0.5) is 0 Å². The van der Waals surface area contributed by atoms with Crippen LogP contribution < -0.4 is 10.9 Å². The van der Waals surface area contributed by atoms with Gasteiger partial charge in [-0.2, -0.15) is 0 Å². The second kappa shape index (κ2) is 3.92. The lowest BCUT2D eigenvalue weighted by Gasteiger charge is -2.07. The molecule has 0 bridgehead atoms. The fourth-order valence-corrected chi connectivity index (χ4v) is 2.69. The van der Waals surface area contributed by atoms with Gasteiger partial charge in [-0.1, -0.05) is 0 Å². The van der Waals surface area contributed by atoms with Crippen molar-refractivity contribution in [2.75, 3.05) is 0 Å². The normalized spacial score (nSPS) is 11.4. The highest BCUT2D eigenvalue weighted by Gasteiger charge is 2.17. The van der Waals surface area contributed by atoms with Crippen LogP contribution in [0.2, 0.25) is 0 Å². The maximum Gasteiger partial charge on any atom is 0.248 e. The maximum atomic E-state index is 11.2.